The number of para-hydroxylation sites is 1. The maximum atomic E-state index is 12.1. The van der Waals surface area contributed by atoms with Crippen LogP contribution >= 0.6 is 11.3 Å². The van der Waals surface area contributed by atoms with Gasteiger partial charge in [0.25, 0.3) is 0 Å². The Balaban J connectivity index is 1.54. The molecule has 1 heterocycles. The lowest BCUT2D eigenvalue weighted by Crippen LogP contribution is -2.22. The molecule has 0 spiro atoms. The number of aromatic nitrogens is 1. The molecule has 1 aromatic heterocycles. The molecule has 3 aromatic rings. The van der Waals surface area contributed by atoms with Gasteiger partial charge in [0.05, 0.1) is 17.8 Å². The van der Waals surface area contributed by atoms with Crippen LogP contribution in [0.2, 0.25) is 0 Å². The molecule has 6 nitrogen and oxygen atoms in total. The van der Waals surface area contributed by atoms with Crippen molar-refractivity contribution in [3.63, 3.8) is 0 Å². The lowest BCUT2D eigenvalue weighted by Gasteiger charge is -2.17. The summed E-state index contributed by atoms with van der Waals surface area (Å²) in [5.74, 6) is -0.720. The Morgan fingerprint density at radius 2 is 1.62 bits per heavy atom. The first-order chi connectivity index (χ1) is 14.0. The third-order valence-electron chi connectivity index (χ3n) is 4.09. The summed E-state index contributed by atoms with van der Waals surface area (Å²) < 4.78 is 5.22. The average molecular weight is 408 g/mol. The summed E-state index contributed by atoms with van der Waals surface area (Å²) in [7, 11) is 0. The van der Waals surface area contributed by atoms with Crippen molar-refractivity contribution in [3.8, 4) is 0 Å². The van der Waals surface area contributed by atoms with Gasteiger partial charge in [-0.2, -0.15) is 0 Å². The molecule has 3 rings (SSSR count). The van der Waals surface area contributed by atoms with Crippen molar-refractivity contribution >= 4 is 39.8 Å². The smallest absolute Gasteiger partial charge is 0.306 e. The fourth-order valence-corrected chi connectivity index (χ4v) is 3.55. The number of esters is 1. The minimum Gasteiger partial charge on any atom is -0.459 e. The molecule has 2 aromatic carbocycles. The molecule has 0 aliphatic rings. The van der Waals surface area contributed by atoms with Crippen molar-refractivity contribution in [2.75, 3.05) is 4.90 Å². The Kier molecular flexibility index (Phi) is 6.86. The van der Waals surface area contributed by atoms with Crippen molar-refractivity contribution in [2.45, 2.75) is 26.4 Å². The Bertz CT molecular complexity index is 986. The summed E-state index contributed by atoms with van der Waals surface area (Å²) in [5.41, 5.74) is 1.85. The summed E-state index contributed by atoms with van der Waals surface area (Å²) in [6, 6.07) is 18.1. The first-order valence-electron chi connectivity index (χ1n) is 9.08. The molecule has 0 atom stereocenters. The molecule has 0 unspecified atom stereocenters. The first-order valence-corrected chi connectivity index (χ1v) is 9.96. The average Bonchev–Trinajstić information content (AvgIpc) is 3.20. The number of ketones is 1. The highest BCUT2D eigenvalue weighted by molar-refractivity contribution is 7.14. The van der Waals surface area contributed by atoms with E-state index < -0.39 is 5.97 Å². The molecule has 1 amide bonds. The van der Waals surface area contributed by atoms with E-state index in [2.05, 4.69) is 4.98 Å². The van der Waals surface area contributed by atoms with Gasteiger partial charge < -0.3 is 4.74 Å². The van der Waals surface area contributed by atoms with Crippen LogP contribution in [0.25, 0.3) is 0 Å². The van der Waals surface area contributed by atoms with Crippen LogP contribution in [0.1, 0.15) is 35.8 Å². The summed E-state index contributed by atoms with van der Waals surface area (Å²) in [6.07, 6.45) is 0.103. The second kappa shape index (κ2) is 9.75. The highest BCUT2D eigenvalue weighted by Gasteiger charge is 2.18. The van der Waals surface area contributed by atoms with E-state index in [-0.39, 0.29) is 31.1 Å². The van der Waals surface area contributed by atoms with Gasteiger partial charge in [0.2, 0.25) is 5.91 Å². The number of benzene rings is 2. The van der Waals surface area contributed by atoms with Gasteiger partial charge in [-0.25, -0.2) is 4.98 Å². The van der Waals surface area contributed by atoms with Crippen molar-refractivity contribution in [2.24, 2.45) is 0 Å². The number of amides is 1. The lowest BCUT2D eigenvalue weighted by atomic mass is 10.1. The lowest BCUT2D eigenvalue weighted by molar-refractivity contribution is -0.145. The maximum absolute atomic E-state index is 12.1. The Morgan fingerprint density at radius 3 is 2.28 bits per heavy atom. The minimum atomic E-state index is -0.463. The van der Waals surface area contributed by atoms with Crippen LogP contribution in [0.3, 0.4) is 0 Å². The second-order valence-electron chi connectivity index (χ2n) is 6.26. The number of thiazole rings is 1. The number of nitrogens with zero attached hydrogens (tertiary/aromatic N) is 2. The van der Waals surface area contributed by atoms with Gasteiger partial charge >= 0.3 is 5.97 Å². The fraction of sp³-hybridized carbons (Fsp3) is 0.182. The molecule has 0 aliphatic heterocycles. The van der Waals surface area contributed by atoms with Crippen LogP contribution in [0, 0.1) is 0 Å². The topological polar surface area (TPSA) is 76.6 Å². The molecule has 0 aliphatic carbocycles. The normalized spacial score (nSPS) is 10.4. The van der Waals surface area contributed by atoms with E-state index in [0.717, 1.165) is 5.69 Å². The molecule has 148 valence electrons. The van der Waals surface area contributed by atoms with Gasteiger partial charge in [-0.15, -0.1) is 11.3 Å². The van der Waals surface area contributed by atoms with E-state index >= 15 is 0 Å². The van der Waals surface area contributed by atoms with Gasteiger partial charge in [0.1, 0.15) is 6.61 Å². The quantitative estimate of drug-likeness (QED) is 0.404. The predicted molar refractivity (Wildman–Crippen MR) is 111 cm³/mol. The number of Topliss-reactive ketones (excluding diaryl/α,β-unsaturated/α-hetero) is 1. The van der Waals surface area contributed by atoms with E-state index in [9.17, 15) is 14.4 Å². The summed E-state index contributed by atoms with van der Waals surface area (Å²) >= 11 is 1.30. The van der Waals surface area contributed by atoms with Gasteiger partial charge in [0, 0.05) is 24.3 Å². The number of rotatable bonds is 8. The van der Waals surface area contributed by atoms with Crippen LogP contribution in [0.5, 0.6) is 0 Å². The van der Waals surface area contributed by atoms with Crippen LogP contribution in [0.15, 0.2) is 66.0 Å². The molecular formula is C22H20N2O4S. The van der Waals surface area contributed by atoms with E-state index in [1.807, 2.05) is 36.4 Å². The SMILES string of the molecule is CC(=O)N(c1ccccc1)c1nc(COC(=O)CCC(=O)c2ccccc2)cs1. The highest BCUT2D eigenvalue weighted by atomic mass is 32.1. The van der Waals surface area contributed by atoms with Crippen LogP contribution in [-0.4, -0.2) is 22.6 Å². The van der Waals surface area contributed by atoms with E-state index in [4.69, 9.17) is 4.74 Å². The number of carbonyl (C=O) groups excluding carboxylic acids is 3. The maximum Gasteiger partial charge on any atom is 0.306 e. The Hall–Kier alpha value is -3.32. The highest BCUT2D eigenvalue weighted by Crippen LogP contribution is 2.28. The van der Waals surface area contributed by atoms with Crippen molar-refractivity contribution < 1.29 is 19.1 Å². The van der Waals surface area contributed by atoms with E-state index in [1.54, 1.807) is 29.6 Å². The zero-order chi connectivity index (χ0) is 20.6. The molecular weight excluding hydrogens is 388 g/mol. The summed E-state index contributed by atoms with van der Waals surface area (Å²) in [5, 5.41) is 2.25. The summed E-state index contributed by atoms with van der Waals surface area (Å²) in [6.45, 7) is 1.47. The third-order valence-corrected chi connectivity index (χ3v) is 4.97. The Labute approximate surface area is 172 Å². The molecule has 7 heteroatoms. The number of anilines is 2. The van der Waals surface area contributed by atoms with Crippen molar-refractivity contribution in [1.29, 1.82) is 0 Å². The van der Waals surface area contributed by atoms with Crippen molar-refractivity contribution in [1.82, 2.24) is 4.98 Å². The fourth-order valence-electron chi connectivity index (χ4n) is 2.68. The monoisotopic (exact) mass is 408 g/mol. The van der Waals surface area contributed by atoms with Gasteiger partial charge in [-0.1, -0.05) is 48.5 Å². The van der Waals surface area contributed by atoms with Crippen LogP contribution < -0.4 is 4.90 Å². The number of hydrogen-bond acceptors (Lipinski definition) is 6. The number of carbonyl (C=O) groups is 3. The third kappa shape index (κ3) is 5.58. The van der Waals surface area contributed by atoms with E-state index in [1.165, 1.54) is 23.2 Å². The van der Waals surface area contributed by atoms with Gasteiger partial charge in [0.15, 0.2) is 10.9 Å². The minimum absolute atomic E-state index is 0.00457. The summed E-state index contributed by atoms with van der Waals surface area (Å²) in [4.78, 5) is 42.0. The zero-order valence-corrected chi connectivity index (χ0v) is 16.7. The van der Waals surface area contributed by atoms with Crippen molar-refractivity contribution in [3.05, 3.63) is 77.3 Å². The molecule has 0 N–H and O–H groups in total. The number of hydrogen-bond donors (Lipinski definition) is 0. The molecule has 29 heavy (non-hydrogen) atoms. The first kappa shape index (κ1) is 20.4. The predicted octanol–water partition coefficient (Wildman–Crippen LogP) is 4.53. The van der Waals surface area contributed by atoms with Crippen LogP contribution in [0.4, 0.5) is 10.8 Å². The van der Waals surface area contributed by atoms with E-state index in [0.29, 0.717) is 16.4 Å². The van der Waals surface area contributed by atoms with Gasteiger partial charge in [-0.3, -0.25) is 19.3 Å². The van der Waals surface area contributed by atoms with Gasteiger partial charge in [-0.05, 0) is 12.1 Å². The Morgan fingerprint density at radius 1 is 0.966 bits per heavy atom. The number of ether oxygens (including phenoxy) is 1. The zero-order valence-electron chi connectivity index (χ0n) is 15.9. The standard InChI is InChI=1S/C22H20N2O4S/c1-16(25)24(19-10-6-3-7-11-19)22-23-18(15-29-22)14-28-21(27)13-12-20(26)17-8-4-2-5-9-17/h2-11,15H,12-14H2,1H3. The molecule has 0 bridgehead atoms. The molecule has 0 radical (unpaired) electrons. The molecule has 0 fully saturated rings. The second-order valence-corrected chi connectivity index (χ2v) is 7.10. The molecule has 0 saturated carbocycles. The van der Waals surface area contributed by atoms with Crippen LogP contribution in [-0.2, 0) is 20.9 Å². The largest absolute Gasteiger partial charge is 0.459 e. The molecule has 0 saturated heterocycles.